The minimum atomic E-state index is -0.863. The third kappa shape index (κ3) is 3.92. The molecule has 0 aliphatic rings. The van der Waals surface area contributed by atoms with E-state index in [1.807, 2.05) is 0 Å². The van der Waals surface area contributed by atoms with Crippen LogP contribution >= 0.6 is 0 Å². The van der Waals surface area contributed by atoms with Gasteiger partial charge < -0.3 is 15.8 Å². The van der Waals surface area contributed by atoms with Crippen molar-refractivity contribution in [3.8, 4) is 0 Å². The molecule has 0 aliphatic heterocycles. The number of rotatable bonds is 3. The summed E-state index contributed by atoms with van der Waals surface area (Å²) >= 11 is 0. The largest absolute Gasteiger partial charge is 0.459 e. The fourth-order valence-corrected chi connectivity index (χ4v) is 0.538. The number of nitrogens with one attached hydrogen (secondary N) is 1. The van der Waals surface area contributed by atoms with Gasteiger partial charge in [0.2, 0.25) is 0 Å². The Bertz CT molecular complexity index is 170. The van der Waals surface area contributed by atoms with E-state index in [0.717, 1.165) is 0 Å². The molecule has 0 aromatic carbocycles. The molecule has 0 saturated heterocycles. The van der Waals surface area contributed by atoms with Crippen LogP contribution in [-0.4, -0.2) is 31.1 Å². The van der Waals surface area contributed by atoms with Gasteiger partial charge in [0.15, 0.2) is 0 Å². The van der Waals surface area contributed by atoms with Gasteiger partial charge in [-0.1, -0.05) is 0 Å². The first-order valence-corrected chi connectivity index (χ1v) is 3.79. The molecule has 5 heteroatoms. The van der Waals surface area contributed by atoms with Crippen molar-refractivity contribution in [3.05, 3.63) is 0 Å². The summed E-state index contributed by atoms with van der Waals surface area (Å²) in [6.07, 6.45) is 0. The highest BCUT2D eigenvalue weighted by Gasteiger charge is 2.15. The molecular formula is C7H14N2O3. The molecule has 3 N–H and O–H groups in total. The molecule has 12 heavy (non-hydrogen) atoms. The van der Waals surface area contributed by atoms with Crippen molar-refractivity contribution in [2.45, 2.75) is 19.9 Å². The van der Waals surface area contributed by atoms with Crippen LogP contribution in [0.2, 0.25) is 0 Å². The first-order valence-electron chi connectivity index (χ1n) is 3.79. The zero-order valence-corrected chi connectivity index (χ0v) is 7.29. The van der Waals surface area contributed by atoms with E-state index in [1.165, 1.54) is 0 Å². The lowest BCUT2D eigenvalue weighted by atomic mass is 10.3. The van der Waals surface area contributed by atoms with E-state index >= 15 is 0 Å². The number of hydrogen-bond donors (Lipinski definition) is 2. The topological polar surface area (TPSA) is 81.4 Å². The highest BCUT2D eigenvalue weighted by Crippen LogP contribution is 1.81. The Morgan fingerprint density at radius 2 is 2.17 bits per heavy atom. The Labute approximate surface area is 71.3 Å². The fraction of sp³-hybridized carbons (Fsp3) is 0.714. The summed E-state index contributed by atoms with van der Waals surface area (Å²) in [5.41, 5.74) is 5.23. The smallest absolute Gasteiger partial charge is 0.396 e. The van der Waals surface area contributed by atoms with Crippen LogP contribution in [0.5, 0.6) is 0 Å². The standard InChI is InChI=1S/C7H14N2O3/c1-3-12-7(11)6(10)9-5(2)4-8/h5H,3-4,8H2,1-2H3,(H,9,10). The van der Waals surface area contributed by atoms with Crippen molar-refractivity contribution in [1.29, 1.82) is 0 Å². The highest BCUT2D eigenvalue weighted by molar-refractivity contribution is 6.32. The van der Waals surface area contributed by atoms with Gasteiger partial charge in [-0.25, -0.2) is 4.79 Å². The monoisotopic (exact) mass is 174 g/mol. The van der Waals surface area contributed by atoms with Crippen LogP contribution in [0, 0.1) is 0 Å². The van der Waals surface area contributed by atoms with Crippen molar-refractivity contribution < 1.29 is 14.3 Å². The molecule has 70 valence electrons. The van der Waals surface area contributed by atoms with Crippen molar-refractivity contribution in [2.75, 3.05) is 13.2 Å². The van der Waals surface area contributed by atoms with E-state index in [2.05, 4.69) is 10.1 Å². The number of hydrogen-bond acceptors (Lipinski definition) is 4. The number of carbonyl (C=O) groups is 2. The molecule has 0 aromatic heterocycles. The van der Waals surface area contributed by atoms with Crippen LogP contribution < -0.4 is 11.1 Å². The van der Waals surface area contributed by atoms with Crippen molar-refractivity contribution in [3.63, 3.8) is 0 Å². The summed E-state index contributed by atoms with van der Waals surface area (Å²) in [6.45, 7) is 3.84. The van der Waals surface area contributed by atoms with Crippen LogP contribution in [0.1, 0.15) is 13.8 Å². The van der Waals surface area contributed by atoms with Crippen molar-refractivity contribution in [1.82, 2.24) is 5.32 Å². The second-order valence-electron chi connectivity index (χ2n) is 2.33. The number of carbonyl (C=O) groups excluding carboxylic acids is 2. The SMILES string of the molecule is CCOC(=O)C(=O)NC(C)CN. The summed E-state index contributed by atoms with van der Waals surface area (Å²) < 4.78 is 4.46. The Morgan fingerprint density at radius 1 is 1.58 bits per heavy atom. The zero-order chi connectivity index (χ0) is 9.56. The zero-order valence-electron chi connectivity index (χ0n) is 7.29. The third-order valence-corrected chi connectivity index (χ3v) is 1.19. The molecule has 0 radical (unpaired) electrons. The molecule has 0 heterocycles. The molecule has 1 unspecified atom stereocenters. The van der Waals surface area contributed by atoms with Gasteiger partial charge in [0.05, 0.1) is 6.61 Å². The molecule has 0 bridgehead atoms. The van der Waals surface area contributed by atoms with E-state index < -0.39 is 11.9 Å². The minimum Gasteiger partial charge on any atom is -0.459 e. The normalized spacial score (nSPS) is 11.9. The lowest BCUT2D eigenvalue weighted by Crippen LogP contribution is -2.42. The first kappa shape index (κ1) is 10.9. The summed E-state index contributed by atoms with van der Waals surface area (Å²) in [4.78, 5) is 21.6. The van der Waals surface area contributed by atoms with E-state index in [1.54, 1.807) is 13.8 Å². The van der Waals surface area contributed by atoms with Gasteiger partial charge in [0.25, 0.3) is 0 Å². The van der Waals surface area contributed by atoms with Gasteiger partial charge in [0, 0.05) is 12.6 Å². The quantitative estimate of drug-likeness (QED) is 0.425. The molecule has 0 saturated carbocycles. The summed E-state index contributed by atoms with van der Waals surface area (Å²) in [6, 6.07) is -0.207. The van der Waals surface area contributed by atoms with Gasteiger partial charge in [-0.15, -0.1) is 0 Å². The average molecular weight is 174 g/mol. The number of nitrogens with two attached hydrogens (primary N) is 1. The summed E-state index contributed by atoms with van der Waals surface area (Å²) in [5.74, 6) is -1.60. The van der Waals surface area contributed by atoms with Crippen molar-refractivity contribution >= 4 is 11.9 Å². The number of ether oxygens (including phenoxy) is 1. The molecule has 0 rings (SSSR count). The summed E-state index contributed by atoms with van der Waals surface area (Å²) in [5, 5.41) is 2.38. The molecule has 0 aromatic rings. The molecule has 1 atom stereocenters. The lowest BCUT2D eigenvalue weighted by Gasteiger charge is -2.09. The van der Waals surface area contributed by atoms with Crippen molar-refractivity contribution in [2.24, 2.45) is 5.73 Å². The predicted molar refractivity (Wildman–Crippen MR) is 43.3 cm³/mol. The molecule has 0 aliphatic carbocycles. The van der Waals surface area contributed by atoms with E-state index in [4.69, 9.17) is 5.73 Å². The highest BCUT2D eigenvalue weighted by atomic mass is 16.5. The van der Waals surface area contributed by atoms with Gasteiger partial charge in [0.1, 0.15) is 0 Å². The van der Waals surface area contributed by atoms with E-state index in [0.29, 0.717) is 6.54 Å². The Kier molecular flexibility index (Phi) is 5.03. The summed E-state index contributed by atoms with van der Waals surface area (Å²) in [7, 11) is 0. The van der Waals surface area contributed by atoms with Gasteiger partial charge in [-0.2, -0.15) is 0 Å². The fourth-order valence-electron chi connectivity index (χ4n) is 0.538. The maximum absolute atomic E-state index is 10.9. The van der Waals surface area contributed by atoms with Crippen LogP contribution in [0.4, 0.5) is 0 Å². The first-order chi connectivity index (χ1) is 5.61. The van der Waals surface area contributed by atoms with E-state index in [9.17, 15) is 9.59 Å². The maximum atomic E-state index is 10.9. The maximum Gasteiger partial charge on any atom is 0.396 e. The minimum absolute atomic E-state index is 0.198. The second-order valence-corrected chi connectivity index (χ2v) is 2.33. The van der Waals surface area contributed by atoms with Gasteiger partial charge in [-0.3, -0.25) is 4.79 Å². The third-order valence-electron chi connectivity index (χ3n) is 1.19. The average Bonchev–Trinajstić information content (AvgIpc) is 2.04. The number of amides is 1. The Morgan fingerprint density at radius 3 is 2.58 bits per heavy atom. The number of esters is 1. The molecule has 1 amide bonds. The molecule has 0 fully saturated rings. The van der Waals surface area contributed by atoms with Gasteiger partial charge in [-0.05, 0) is 13.8 Å². The second kappa shape index (κ2) is 5.54. The van der Waals surface area contributed by atoms with Crippen LogP contribution in [0.15, 0.2) is 0 Å². The Hall–Kier alpha value is -1.10. The predicted octanol–water partition coefficient (Wildman–Crippen LogP) is -0.987. The van der Waals surface area contributed by atoms with E-state index in [-0.39, 0.29) is 12.6 Å². The molecular weight excluding hydrogens is 160 g/mol. The molecule has 0 spiro atoms. The lowest BCUT2D eigenvalue weighted by molar-refractivity contribution is -0.154. The van der Waals surface area contributed by atoms with Crippen LogP contribution in [0.3, 0.4) is 0 Å². The Balaban J connectivity index is 3.79. The van der Waals surface area contributed by atoms with Crippen LogP contribution in [0.25, 0.3) is 0 Å². The molecule has 5 nitrogen and oxygen atoms in total. The van der Waals surface area contributed by atoms with Gasteiger partial charge >= 0.3 is 11.9 Å². The van der Waals surface area contributed by atoms with Crippen LogP contribution in [-0.2, 0) is 14.3 Å².